The molecule has 1 atom stereocenters. The van der Waals surface area contributed by atoms with Gasteiger partial charge in [0.15, 0.2) is 5.16 Å². The van der Waals surface area contributed by atoms with E-state index in [9.17, 15) is 9.59 Å². The number of thioether (sulfide) groups is 1. The van der Waals surface area contributed by atoms with Crippen molar-refractivity contribution in [3.63, 3.8) is 0 Å². The molecule has 102 valence electrons. The number of aromatic nitrogens is 3. The van der Waals surface area contributed by atoms with Gasteiger partial charge in [-0.25, -0.2) is 15.7 Å². The fourth-order valence-corrected chi connectivity index (χ4v) is 2.84. The molecule has 1 aromatic heterocycles. The number of nitrogens with two attached hydrogens (primary N) is 1. The van der Waals surface area contributed by atoms with Crippen LogP contribution >= 0.6 is 11.8 Å². The van der Waals surface area contributed by atoms with Crippen LogP contribution in [-0.4, -0.2) is 25.9 Å². The van der Waals surface area contributed by atoms with Crippen LogP contribution in [0.2, 0.25) is 0 Å². The van der Waals surface area contributed by atoms with Gasteiger partial charge in [0.2, 0.25) is 5.91 Å². The van der Waals surface area contributed by atoms with Crippen molar-refractivity contribution < 1.29 is 4.79 Å². The fraction of sp³-hybridized carbons (Fsp3) is 0.700. The molecule has 0 saturated heterocycles. The Labute approximate surface area is 109 Å². The van der Waals surface area contributed by atoms with Crippen LogP contribution in [0.1, 0.15) is 39.7 Å². The van der Waals surface area contributed by atoms with E-state index < -0.39 is 0 Å². The highest BCUT2D eigenvalue weighted by atomic mass is 32.2. The molecular formula is C10H19N5O2S. The Morgan fingerprint density at radius 2 is 2.28 bits per heavy atom. The molecule has 0 fully saturated rings. The van der Waals surface area contributed by atoms with Crippen molar-refractivity contribution in [1.82, 2.24) is 20.2 Å². The number of rotatable bonds is 6. The van der Waals surface area contributed by atoms with Crippen LogP contribution in [-0.2, 0) is 4.79 Å². The Morgan fingerprint density at radius 1 is 1.61 bits per heavy atom. The monoisotopic (exact) mass is 273 g/mol. The van der Waals surface area contributed by atoms with Gasteiger partial charge in [-0.15, -0.1) is 5.10 Å². The zero-order chi connectivity index (χ0) is 13.7. The zero-order valence-electron chi connectivity index (χ0n) is 10.8. The molecule has 0 bridgehead atoms. The predicted octanol–water partition coefficient (Wildman–Crippen LogP) is 0.403. The van der Waals surface area contributed by atoms with E-state index >= 15 is 0 Å². The first kappa shape index (κ1) is 14.8. The predicted molar refractivity (Wildman–Crippen MR) is 70.1 cm³/mol. The third-order valence-electron chi connectivity index (χ3n) is 2.42. The first-order chi connectivity index (χ1) is 8.51. The van der Waals surface area contributed by atoms with E-state index in [-0.39, 0.29) is 22.9 Å². The molecule has 7 nitrogen and oxygen atoms in total. The lowest BCUT2D eigenvalue weighted by atomic mass is 10.2. The Bertz CT molecular complexity index is 453. The van der Waals surface area contributed by atoms with Crippen molar-refractivity contribution in [1.29, 1.82) is 0 Å². The average Bonchev–Trinajstić information content (AvgIpc) is 2.69. The minimum atomic E-state index is -0.340. The number of aromatic amines is 1. The molecule has 0 saturated carbocycles. The molecule has 1 heterocycles. The number of carbonyl (C=O) groups is 1. The third kappa shape index (κ3) is 3.36. The van der Waals surface area contributed by atoms with Crippen LogP contribution in [0.5, 0.6) is 0 Å². The van der Waals surface area contributed by atoms with Crippen LogP contribution < -0.4 is 17.0 Å². The second-order valence-corrected chi connectivity index (χ2v) is 5.35. The first-order valence-corrected chi connectivity index (χ1v) is 6.73. The molecule has 0 radical (unpaired) electrons. The Kier molecular flexibility index (Phi) is 5.42. The van der Waals surface area contributed by atoms with Crippen LogP contribution in [0.25, 0.3) is 0 Å². The maximum absolute atomic E-state index is 11.6. The normalized spacial score (nSPS) is 12.7. The summed E-state index contributed by atoms with van der Waals surface area (Å²) < 4.78 is 1.52. The molecule has 1 amide bonds. The van der Waals surface area contributed by atoms with Gasteiger partial charge in [-0.2, -0.15) is 0 Å². The van der Waals surface area contributed by atoms with E-state index in [2.05, 4.69) is 15.6 Å². The molecule has 0 aliphatic carbocycles. The topological polar surface area (TPSA) is 106 Å². The highest BCUT2D eigenvalue weighted by Gasteiger charge is 2.22. The van der Waals surface area contributed by atoms with Crippen LogP contribution in [0.15, 0.2) is 9.95 Å². The molecular weight excluding hydrogens is 254 g/mol. The molecule has 1 rings (SSSR count). The van der Waals surface area contributed by atoms with E-state index in [1.807, 2.05) is 20.8 Å². The van der Waals surface area contributed by atoms with E-state index in [1.54, 1.807) is 0 Å². The van der Waals surface area contributed by atoms with Crippen molar-refractivity contribution in [2.75, 3.05) is 0 Å². The Balaban J connectivity index is 2.94. The van der Waals surface area contributed by atoms with Gasteiger partial charge in [-0.3, -0.25) is 14.8 Å². The zero-order valence-corrected chi connectivity index (χ0v) is 11.6. The molecule has 1 unspecified atom stereocenters. The SMILES string of the molecule is CCCC(Sc1n[nH]c(=O)n1C(C)C)C(=O)NN. The highest BCUT2D eigenvalue weighted by Crippen LogP contribution is 2.25. The lowest BCUT2D eigenvalue weighted by molar-refractivity contribution is -0.120. The van der Waals surface area contributed by atoms with Crippen molar-refractivity contribution in [3.05, 3.63) is 10.5 Å². The summed E-state index contributed by atoms with van der Waals surface area (Å²) in [5.74, 6) is 4.89. The minimum Gasteiger partial charge on any atom is -0.293 e. The summed E-state index contributed by atoms with van der Waals surface area (Å²) in [6.07, 6.45) is 1.52. The molecule has 0 aromatic carbocycles. The maximum Gasteiger partial charge on any atom is 0.344 e. The van der Waals surface area contributed by atoms with Crippen molar-refractivity contribution in [2.45, 2.75) is 50.1 Å². The van der Waals surface area contributed by atoms with Crippen LogP contribution in [0, 0.1) is 0 Å². The van der Waals surface area contributed by atoms with Crippen molar-refractivity contribution in [3.8, 4) is 0 Å². The van der Waals surface area contributed by atoms with Gasteiger partial charge in [-0.1, -0.05) is 25.1 Å². The first-order valence-electron chi connectivity index (χ1n) is 5.85. The van der Waals surface area contributed by atoms with Gasteiger partial charge in [0.05, 0.1) is 5.25 Å². The number of hydrogen-bond donors (Lipinski definition) is 3. The van der Waals surface area contributed by atoms with Crippen LogP contribution in [0.3, 0.4) is 0 Å². The lowest BCUT2D eigenvalue weighted by Gasteiger charge is -2.14. The Morgan fingerprint density at radius 3 is 2.78 bits per heavy atom. The van der Waals surface area contributed by atoms with Crippen molar-refractivity contribution in [2.24, 2.45) is 5.84 Å². The number of carbonyl (C=O) groups excluding carboxylic acids is 1. The molecule has 0 spiro atoms. The van der Waals surface area contributed by atoms with E-state index in [0.717, 1.165) is 6.42 Å². The summed E-state index contributed by atoms with van der Waals surface area (Å²) in [6.45, 7) is 5.76. The molecule has 1 aromatic rings. The lowest BCUT2D eigenvalue weighted by Crippen LogP contribution is -2.37. The van der Waals surface area contributed by atoms with E-state index in [0.29, 0.717) is 11.6 Å². The number of nitrogens with one attached hydrogen (secondary N) is 2. The standard InChI is InChI=1S/C10H19N5O2S/c1-4-5-7(8(16)12-11)18-10-14-13-9(17)15(10)6(2)3/h6-7H,4-5,11H2,1-3H3,(H,12,16)(H,13,17). The summed E-state index contributed by atoms with van der Waals surface area (Å²) in [4.78, 5) is 23.2. The van der Waals surface area contributed by atoms with Crippen LogP contribution in [0.4, 0.5) is 0 Å². The van der Waals surface area contributed by atoms with Gasteiger partial charge in [0.25, 0.3) is 0 Å². The van der Waals surface area contributed by atoms with Crippen molar-refractivity contribution >= 4 is 17.7 Å². The largest absolute Gasteiger partial charge is 0.344 e. The van der Waals surface area contributed by atoms with Gasteiger partial charge in [0, 0.05) is 6.04 Å². The summed E-state index contributed by atoms with van der Waals surface area (Å²) >= 11 is 1.25. The second kappa shape index (κ2) is 6.60. The summed E-state index contributed by atoms with van der Waals surface area (Å²) in [7, 11) is 0. The maximum atomic E-state index is 11.6. The van der Waals surface area contributed by atoms with Gasteiger partial charge in [-0.05, 0) is 20.3 Å². The summed E-state index contributed by atoms with van der Waals surface area (Å²) in [6, 6.07) is -0.0121. The minimum absolute atomic E-state index is 0.0121. The van der Waals surface area contributed by atoms with E-state index in [4.69, 9.17) is 5.84 Å². The third-order valence-corrected chi connectivity index (χ3v) is 3.65. The van der Waals surface area contributed by atoms with Gasteiger partial charge in [0.1, 0.15) is 0 Å². The number of hydrogen-bond acceptors (Lipinski definition) is 5. The number of H-pyrrole nitrogens is 1. The molecule has 0 aliphatic heterocycles. The van der Waals surface area contributed by atoms with Gasteiger partial charge >= 0.3 is 5.69 Å². The fourth-order valence-electron chi connectivity index (χ4n) is 1.55. The quantitative estimate of drug-likeness (QED) is 0.301. The van der Waals surface area contributed by atoms with Gasteiger partial charge < -0.3 is 0 Å². The molecule has 8 heteroatoms. The summed E-state index contributed by atoms with van der Waals surface area (Å²) in [5, 5.41) is 6.51. The highest BCUT2D eigenvalue weighted by molar-refractivity contribution is 8.00. The number of amides is 1. The molecule has 18 heavy (non-hydrogen) atoms. The Hall–Kier alpha value is -1.28. The summed E-state index contributed by atoms with van der Waals surface area (Å²) in [5.41, 5.74) is 1.87. The second-order valence-electron chi connectivity index (χ2n) is 4.18. The smallest absolute Gasteiger partial charge is 0.293 e. The molecule has 4 N–H and O–H groups in total. The molecule has 0 aliphatic rings. The van der Waals surface area contributed by atoms with E-state index in [1.165, 1.54) is 16.3 Å². The average molecular weight is 273 g/mol. The number of nitrogens with zero attached hydrogens (tertiary/aromatic N) is 2. The number of hydrazine groups is 1.